The van der Waals surface area contributed by atoms with Gasteiger partial charge in [0.2, 0.25) is 0 Å². The Bertz CT molecular complexity index is 381. The Labute approximate surface area is 137 Å². The molecule has 0 radical (unpaired) electrons. The molecule has 1 aliphatic heterocycles. The Balaban J connectivity index is 0. The van der Waals surface area contributed by atoms with Gasteiger partial charge in [-0.3, -0.25) is 0 Å². The zero-order valence-electron chi connectivity index (χ0n) is 14.4. The molecule has 0 spiro atoms. The van der Waals surface area contributed by atoms with E-state index in [-0.39, 0.29) is 13.5 Å². The Hall–Kier alpha value is -1.26. The van der Waals surface area contributed by atoms with Crippen molar-refractivity contribution in [3.63, 3.8) is 0 Å². The maximum absolute atomic E-state index is 5.84. The van der Waals surface area contributed by atoms with Gasteiger partial charge in [-0.1, -0.05) is 47.3 Å². The first-order valence-electron chi connectivity index (χ1n) is 7.97. The van der Waals surface area contributed by atoms with E-state index in [4.69, 9.17) is 15.2 Å². The highest BCUT2D eigenvalue weighted by molar-refractivity contribution is 5.65. The summed E-state index contributed by atoms with van der Waals surface area (Å²) in [7, 11) is 0. The van der Waals surface area contributed by atoms with Crippen LogP contribution in [-0.2, 0) is 9.47 Å². The third kappa shape index (κ3) is 8.25. The number of ether oxygens (including phenoxy) is 2. The molecular weight excluding hydrogens is 276 g/mol. The molecule has 1 heterocycles. The minimum Gasteiger partial charge on any atom is -0.397 e. The zero-order chi connectivity index (χ0) is 16.3. The van der Waals surface area contributed by atoms with Gasteiger partial charge in [-0.2, -0.15) is 0 Å². The van der Waals surface area contributed by atoms with E-state index in [1.165, 1.54) is 0 Å². The molecule has 1 unspecified atom stereocenters. The molecule has 2 rings (SSSR count). The van der Waals surface area contributed by atoms with E-state index in [1.807, 2.05) is 65.8 Å². The lowest BCUT2D eigenvalue weighted by Gasteiger charge is -2.17. The number of benzene rings is 1. The van der Waals surface area contributed by atoms with E-state index in [0.29, 0.717) is 6.61 Å². The molecule has 0 aromatic heterocycles. The molecule has 0 bridgehead atoms. The Morgan fingerprint density at radius 2 is 1.77 bits per heavy atom. The van der Waals surface area contributed by atoms with Gasteiger partial charge in [0, 0.05) is 6.54 Å². The number of hydrogen-bond acceptors (Lipinski definition) is 4. The summed E-state index contributed by atoms with van der Waals surface area (Å²) in [5.41, 5.74) is 7.59. The molecular formula is C18H36N2O2. The molecule has 1 aromatic rings. The number of nitrogens with one attached hydrogen (secondary N) is 1. The van der Waals surface area contributed by atoms with E-state index in [1.54, 1.807) is 0 Å². The first-order chi connectivity index (χ1) is 10.1. The average molecular weight is 312 g/mol. The predicted octanol–water partition coefficient (Wildman–Crippen LogP) is 4.91. The van der Waals surface area contributed by atoms with Gasteiger partial charge in [0.15, 0.2) is 5.79 Å². The molecule has 3 N–H and O–H groups in total. The van der Waals surface area contributed by atoms with E-state index >= 15 is 0 Å². The molecule has 0 aliphatic carbocycles. The summed E-state index contributed by atoms with van der Waals surface area (Å²) < 4.78 is 11.2. The van der Waals surface area contributed by atoms with Gasteiger partial charge in [0.05, 0.1) is 24.1 Å². The van der Waals surface area contributed by atoms with E-state index in [2.05, 4.69) is 5.32 Å². The normalized spacial score (nSPS) is 18.0. The molecule has 1 fully saturated rings. The molecule has 1 saturated heterocycles. The second-order valence-electron chi connectivity index (χ2n) is 4.75. The highest BCUT2D eigenvalue weighted by Gasteiger charge is 2.31. The summed E-state index contributed by atoms with van der Waals surface area (Å²) in [6.45, 7) is 13.4. The van der Waals surface area contributed by atoms with Crippen molar-refractivity contribution in [2.75, 3.05) is 24.2 Å². The second-order valence-corrected chi connectivity index (χ2v) is 4.75. The van der Waals surface area contributed by atoms with Crippen molar-refractivity contribution in [3.05, 3.63) is 24.3 Å². The first kappa shape index (κ1) is 23.0. The maximum atomic E-state index is 5.84. The highest BCUT2D eigenvalue weighted by atomic mass is 16.7. The van der Waals surface area contributed by atoms with Gasteiger partial charge in [-0.25, -0.2) is 0 Å². The van der Waals surface area contributed by atoms with Crippen molar-refractivity contribution >= 4 is 11.4 Å². The van der Waals surface area contributed by atoms with Crippen LogP contribution in [0.5, 0.6) is 0 Å². The van der Waals surface area contributed by atoms with Crippen LogP contribution in [0.3, 0.4) is 0 Å². The molecule has 130 valence electrons. The summed E-state index contributed by atoms with van der Waals surface area (Å²) >= 11 is 0. The fraction of sp³-hybridized carbons (Fsp3) is 0.667. The van der Waals surface area contributed by atoms with E-state index < -0.39 is 5.79 Å². The van der Waals surface area contributed by atoms with Crippen molar-refractivity contribution in [2.45, 2.75) is 67.3 Å². The number of anilines is 2. The zero-order valence-corrected chi connectivity index (χ0v) is 14.4. The van der Waals surface area contributed by atoms with Crippen LogP contribution in [0.15, 0.2) is 24.3 Å². The molecule has 0 amide bonds. The number of para-hydroxylation sites is 2. The van der Waals surface area contributed by atoms with Gasteiger partial charge < -0.3 is 20.5 Å². The lowest BCUT2D eigenvalue weighted by Crippen LogP contribution is -2.22. The first-order valence-corrected chi connectivity index (χ1v) is 7.97. The smallest absolute Gasteiger partial charge is 0.163 e. The topological polar surface area (TPSA) is 56.5 Å². The third-order valence-electron chi connectivity index (χ3n) is 2.81. The largest absolute Gasteiger partial charge is 0.397 e. The van der Waals surface area contributed by atoms with Crippen molar-refractivity contribution < 1.29 is 9.47 Å². The second kappa shape index (κ2) is 12.3. The van der Waals surface area contributed by atoms with E-state index in [0.717, 1.165) is 24.3 Å². The van der Waals surface area contributed by atoms with Crippen LogP contribution in [0.2, 0.25) is 0 Å². The molecule has 1 aliphatic rings. The van der Waals surface area contributed by atoms with E-state index in [9.17, 15) is 0 Å². The fourth-order valence-electron chi connectivity index (χ4n) is 1.93. The molecule has 4 nitrogen and oxygen atoms in total. The maximum Gasteiger partial charge on any atom is 0.163 e. The lowest BCUT2D eigenvalue weighted by molar-refractivity contribution is -0.138. The number of rotatable bonds is 4. The van der Waals surface area contributed by atoms with Crippen LogP contribution in [0, 0.1) is 0 Å². The van der Waals surface area contributed by atoms with Gasteiger partial charge in [-0.15, -0.1) is 0 Å². The van der Waals surface area contributed by atoms with Crippen LogP contribution in [-0.4, -0.2) is 25.0 Å². The highest BCUT2D eigenvalue weighted by Crippen LogP contribution is 2.24. The van der Waals surface area contributed by atoms with Gasteiger partial charge in [-0.05, 0) is 32.4 Å². The summed E-state index contributed by atoms with van der Waals surface area (Å²) in [5, 5.41) is 3.31. The summed E-state index contributed by atoms with van der Waals surface area (Å²) in [4.78, 5) is 0. The molecule has 0 saturated carbocycles. The van der Waals surface area contributed by atoms with Gasteiger partial charge in [0.1, 0.15) is 0 Å². The number of nitrogens with two attached hydrogens (primary N) is 1. The van der Waals surface area contributed by atoms with Crippen molar-refractivity contribution in [2.24, 2.45) is 0 Å². The SMILES string of the molecule is C.CC.CC.CC1(C)OCC(CCNc2ccccc2N)O1. The standard InChI is InChI=1S/C13H20N2O2.2C2H6.CH4/c1-13(2)16-9-10(17-13)7-8-15-12-6-4-3-5-11(12)14;2*1-2;/h3-6,10,15H,7-9,14H2,1-2H3;2*1-2H3;1H4. The minimum absolute atomic E-state index is 0. The van der Waals surface area contributed by atoms with Crippen LogP contribution in [0.4, 0.5) is 11.4 Å². The molecule has 4 heteroatoms. The molecule has 1 atom stereocenters. The predicted molar refractivity (Wildman–Crippen MR) is 98.3 cm³/mol. The molecule has 1 aromatic carbocycles. The van der Waals surface area contributed by atoms with Crippen molar-refractivity contribution in [3.8, 4) is 0 Å². The van der Waals surface area contributed by atoms with Crippen molar-refractivity contribution in [1.29, 1.82) is 0 Å². The lowest BCUT2D eigenvalue weighted by atomic mass is 10.2. The summed E-state index contributed by atoms with van der Waals surface area (Å²) in [5.74, 6) is -0.434. The summed E-state index contributed by atoms with van der Waals surface area (Å²) in [6, 6.07) is 7.76. The van der Waals surface area contributed by atoms with Crippen LogP contribution in [0.1, 0.15) is 55.4 Å². The van der Waals surface area contributed by atoms with Crippen LogP contribution >= 0.6 is 0 Å². The Morgan fingerprint density at radius 1 is 1.18 bits per heavy atom. The quantitative estimate of drug-likeness (QED) is 0.776. The summed E-state index contributed by atoms with van der Waals surface area (Å²) in [6.07, 6.45) is 1.08. The van der Waals surface area contributed by atoms with Crippen molar-refractivity contribution in [1.82, 2.24) is 0 Å². The minimum atomic E-state index is -0.434. The average Bonchev–Trinajstić information content (AvgIpc) is 2.85. The van der Waals surface area contributed by atoms with Gasteiger partial charge in [0.25, 0.3) is 0 Å². The monoisotopic (exact) mass is 312 g/mol. The number of hydrogen-bond donors (Lipinski definition) is 2. The van der Waals surface area contributed by atoms with Crippen LogP contribution < -0.4 is 11.1 Å². The molecule has 22 heavy (non-hydrogen) atoms. The Kier molecular flexibility index (Phi) is 12.9. The fourth-order valence-corrected chi connectivity index (χ4v) is 1.93. The number of nitrogen functional groups attached to an aromatic ring is 1. The Morgan fingerprint density at radius 3 is 2.27 bits per heavy atom. The third-order valence-corrected chi connectivity index (χ3v) is 2.81. The van der Waals surface area contributed by atoms with Crippen LogP contribution in [0.25, 0.3) is 0 Å². The van der Waals surface area contributed by atoms with Gasteiger partial charge >= 0.3 is 0 Å².